The Balaban J connectivity index is 1.52. The zero-order chi connectivity index (χ0) is 20.1. The lowest BCUT2D eigenvalue weighted by Gasteiger charge is -2.17. The second-order valence-electron chi connectivity index (χ2n) is 6.92. The van der Waals surface area contributed by atoms with Crippen LogP contribution < -0.4 is 10.1 Å². The smallest absolute Gasteiger partial charge is 0.258 e. The Morgan fingerprint density at radius 3 is 2.38 bits per heavy atom. The van der Waals surface area contributed by atoms with Gasteiger partial charge >= 0.3 is 0 Å². The molecular weight excluding hydrogens is 362 g/mol. The van der Waals surface area contributed by atoms with Gasteiger partial charge in [0.1, 0.15) is 11.6 Å². The number of para-hydroxylation sites is 3. The first-order valence-corrected chi connectivity index (χ1v) is 9.67. The molecule has 146 valence electrons. The summed E-state index contributed by atoms with van der Waals surface area (Å²) in [6.45, 7) is 2.60. The molecule has 5 nitrogen and oxygen atoms in total. The van der Waals surface area contributed by atoms with Crippen LogP contribution >= 0.6 is 0 Å². The molecule has 0 unspecified atom stereocenters. The van der Waals surface area contributed by atoms with Gasteiger partial charge in [-0.2, -0.15) is 0 Å². The highest BCUT2D eigenvalue weighted by Crippen LogP contribution is 2.22. The first kappa shape index (κ1) is 18.7. The van der Waals surface area contributed by atoms with Gasteiger partial charge in [0.15, 0.2) is 6.61 Å². The van der Waals surface area contributed by atoms with Crippen molar-refractivity contribution in [2.75, 3.05) is 6.61 Å². The molecule has 0 saturated carbocycles. The topological polar surface area (TPSA) is 56.1 Å². The summed E-state index contributed by atoms with van der Waals surface area (Å²) >= 11 is 0. The van der Waals surface area contributed by atoms with Crippen molar-refractivity contribution in [2.24, 2.45) is 0 Å². The van der Waals surface area contributed by atoms with Gasteiger partial charge in [-0.25, -0.2) is 4.98 Å². The summed E-state index contributed by atoms with van der Waals surface area (Å²) in [7, 11) is 0. The van der Waals surface area contributed by atoms with Crippen molar-refractivity contribution in [2.45, 2.75) is 19.5 Å². The third-order valence-electron chi connectivity index (χ3n) is 4.75. The van der Waals surface area contributed by atoms with Gasteiger partial charge in [-0.05, 0) is 36.8 Å². The molecule has 0 fully saturated rings. The number of rotatable bonds is 7. The van der Waals surface area contributed by atoms with E-state index in [0.29, 0.717) is 12.3 Å². The number of carbonyl (C=O) groups excluding carboxylic acids is 1. The molecule has 1 N–H and O–H groups in total. The Hall–Kier alpha value is -3.60. The van der Waals surface area contributed by atoms with Crippen LogP contribution in [0.4, 0.5) is 0 Å². The van der Waals surface area contributed by atoms with E-state index in [1.165, 1.54) is 5.56 Å². The van der Waals surface area contributed by atoms with Gasteiger partial charge in [0.05, 0.1) is 17.1 Å². The van der Waals surface area contributed by atoms with E-state index in [1.807, 2.05) is 73.7 Å². The van der Waals surface area contributed by atoms with Crippen LogP contribution in [0.2, 0.25) is 0 Å². The molecule has 1 atom stereocenters. The average Bonchev–Trinajstić information content (AvgIpc) is 3.12. The number of benzene rings is 3. The van der Waals surface area contributed by atoms with E-state index in [1.54, 1.807) is 0 Å². The van der Waals surface area contributed by atoms with Crippen molar-refractivity contribution in [3.05, 3.63) is 96.3 Å². The fourth-order valence-electron chi connectivity index (χ4n) is 3.37. The number of hydrogen-bond acceptors (Lipinski definition) is 3. The molecule has 5 heteroatoms. The summed E-state index contributed by atoms with van der Waals surface area (Å²) in [6.07, 6.45) is 0. The minimum atomic E-state index is -0.252. The molecule has 0 spiro atoms. The Kier molecular flexibility index (Phi) is 5.56. The minimum Gasteiger partial charge on any atom is -0.484 e. The molecule has 3 aromatic carbocycles. The zero-order valence-corrected chi connectivity index (χ0v) is 16.3. The highest BCUT2D eigenvalue weighted by Gasteiger charge is 2.18. The highest BCUT2D eigenvalue weighted by atomic mass is 16.5. The molecular formula is C24H23N3O2. The maximum atomic E-state index is 12.4. The van der Waals surface area contributed by atoms with E-state index in [-0.39, 0.29) is 18.6 Å². The Morgan fingerprint density at radius 2 is 1.62 bits per heavy atom. The molecule has 4 rings (SSSR count). The highest BCUT2D eigenvalue weighted by molar-refractivity contribution is 5.79. The quantitative estimate of drug-likeness (QED) is 0.515. The van der Waals surface area contributed by atoms with Crippen molar-refractivity contribution >= 4 is 16.9 Å². The summed E-state index contributed by atoms with van der Waals surface area (Å²) in [5.41, 5.74) is 3.15. The normalized spacial score (nSPS) is 11.9. The van der Waals surface area contributed by atoms with Crippen LogP contribution in [0.25, 0.3) is 11.0 Å². The maximum Gasteiger partial charge on any atom is 0.258 e. The van der Waals surface area contributed by atoms with Gasteiger partial charge in [0.25, 0.3) is 5.91 Å². The maximum absolute atomic E-state index is 12.4. The summed E-state index contributed by atoms with van der Waals surface area (Å²) in [5, 5.41) is 3.01. The molecule has 1 aromatic heterocycles. The lowest BCUT2D eigenvalue weighted by Crippen LogP contribution is -2.32. The Labute approximate surface area is 170 Å². The number of aromatic nitrogens is 2. The van der Waals surface area contributed by atoms with E-state index in [2.05, 4.69) is 28.1 Å². The average molecular weight is 385 g/mol. The molecule has 1 heterocycles. The van der Waals surface area contributed by atoms with E-state index in [9.17, 15) is 4.79 Å². The molecule has 0 radical (unpaired) electrons. The molecule has 0 bridgehead atoms. The number of nitrogens with one attached hydrogen (secondary N) is 1. The first-order chi connectivity index (χ1) is 14.2. The SMILES string of the molecule is C[C@H](NC(=O)COc1ccccc1)c1nc2ccccc2n1Cc1ccccc1. The van der Waals surface area contributed by atoms with E-state index < -0.39 is 0 Å². The van der Waals surface area contributed by atoms with Crippen LogP contribution in [-0.4, -0.2) is 22.1 Å². The molecule has 0 aliphatic carbocycles. The number of carbonyl (C=O) groups is 1. The summed E-state index contributed by atoms with van der Waals surface area (Å²) in [4.78, 5) is 17.2. The molecule has 0 aliphatic heterocycles. The third kappa shape index (κ3) is 4.46. The predicted octanol–water partition coefficient (Wildman–Crippen LogP) is 4.34. The van der Waals surface area contributed by atoms with Crippen LogP contribution in [0.3, 0.4) is 0 Å². The number of imidazole rings is 1. The van der Waals surface area contributed by atoms with Crippen LogP contribution in [0, 0.1) is 0 Å². The fourth-order valence-corrected chi connectivity index (χ4v) is 3.37. The lowest BCUT2D eigenvalue weighted by molar-refractivity contribution is -0.123. The number of ether oxygens (including phenoxy) is 1. The van der Waals surface area contributed by atoms with E-state index >= 15 is 0 Å². The fraction of sp³-hybridized carbons (Fsp3) is 0.167. The second-order valence-corrected chi connectivity index (χ2v) is 6.92. The van der Waals surface area contributed by atoms with Crippen molar-refractivity contribution < 1.29 is 9.53 Å². The Bertz CT molecular complexity index is 1090. The molecule has 29 heavy (non-hydrogen) atoms. The van der Waals surface area contributed by atoms with Crippen molar-refractivity contribution in [1.82, 2.24) is 14.9 Å². The lowest BCUT2D eigenvalue weighted by atomic mass is 10.2. The first-order valence-electron chi connectivity index (χ1n) is 9.67. The minimum absolute atomic E-state index is 0.0345. The van der Waals surface area contributed by atoms with Crippen LogP contribution in [0.5, 0.6) is 5.75 Å². The van der Waals surface area contributed by atoms with Gasteiger partial charge < -0.3 is 14.6 Å². The van der Waals surface area contributed by atoms with E-state index in [4.69, 9.17) is 9.72 Å². The Morgan fingerprint density at radius 1 is 0.966 bits per heavy atom. The molecule has 0 saturated heterocycles. The monoisotopic (exact) mass is 385 g/mol. The van der Waals surface area contributed by atoms with Crippen molar-refractivity contribution in [3.8, 4) is 5.75 Å². The van der Waals surface area contributed by atoms with Crippen LogP contribution in [0.15, 0.2) is 84.9 Å². The second kappa shape index (κ2) is 8.61. The van der Waals surface area contributed by atoms with Crippen LogP contribution in [-0.2, 0) is 11.3 Å². The molecule has 0 aliphatic rings. The summed E-state index contributed by atoms with van der Waals surface area (Å²) in [6, 6.07) is 27.3. The number of amides is 1. The van der Waals surface area contributed by atoms with Gasteiger partial charge in [0, 0.05) is 6.54 Å². The van der Waals surface area contributed by atoms with Crippen molar-refractivity contribution in [3.63, 3.8) is 0 Å². The number of hydrogen-bond donors (Lipinski definition) is 1. The number of nitrogens with zero attached hydrogens (tertiary/aromatic N) is 2. The van der Waals surface area contributed by atoms with Gasteiger partial charge in [-0.3, -0.25) is 4.79 Å². The van der Waals surface area contributed by atoms with E-state index in [0.717, 1.165) is 16.9 Å². The molecule has 1 amide bonds. The van der Waals surface area contributed by atoms with Gasteiger partial charge in [0.2, 0.25) is 0 Å². The van der Waals surface area contributed by atoms with Crippen molar-refractivity contribution in [1.29, 1.82) is 0 Å². The standard InChI is InChI=1S/C24H23N3O2/c1-18(25-23(28)17-29-20-12-6-3-7-13-20)24-26-21-14-8-9-15-22(21)27(24)16-19-10-4-2-5-11-19/h2-15,18H,16-17H2,1H3,(H,25,28)/t18-/m0/s1. The largest absolute Gasteiger partial charge is 0.484 e. The van der Waals surface area contributed by atoms with Crippen LogP contribution in [0.1, 0.15) is 24.4 Å². The third-order valence-corrected chi connectivity index (χ3v) is 4.75. The van der Waals surface area contributed by atoms with Gasteiger partial charge in [-0.15, -0.1) is 0 Å². The van der Waals surface area contributed by atoms with Gasteiger partial charge in [-0.1, -0.05) is 60.7 Å². The number of fused-ring (bicyclic) bond motifs is 1. The molecule has 4 aromatic rings. The summed E-state index contributed by atoms with van der Waals surface area (Å²) < 4.78 is 7.71. The summed E-state index contributed by atoms with van der Waals surface area (Å²) in [5.74, 6) is 1.31. The zero-order valence-electron chi connectivity index (χ0n) is 16.3. The predicted molar refractivity (Wildman–Crippen MR) is 114 cm³/mol.